The van der Waals surface area contributed by atoms with Gasteiger partial charge in [0, 0.05) is 4.90 Å². The molecule has 0 spiro atoms. The van der Waals surface area contributed by atoms with E-state index in [0.29, 0.717) is 0 Å². The predicted molar refractivity (Wildman–Crippen MR) is 55.4 cm³/mol. The first-order valence-corrected chi connectivity index (χ1v) is 5.40. The highest BCUT2D eigenvalue weighted by Crippen LogP contribution is 2.21. The number of hydrogen-bond donors (Lipinski definition) is 1. The van der Waals surface area contributed by atoms with E-state index in [1.807, 2.05) is 12.1 Å². The summed E-state index contributed by atoms with van der Waals surface area (Å²) in [6, 6.07) is 6.86. The van der Waals surface area contributed by atoms with Crippen LogP contribution >= 0.6 is 11.8 Å². The molecule has 2 N–H and O–H groups in total. The van der Waals surface area contributed by atoms with Gasteiger partial charge in [0.15, 0.2) is 0 Å². The van der Waals surface area contributed by atoms with Crippen LogP contribution in [0, 0.1) is 5.82 Å². The van der Waals surface area contributed by atoms with Crippen LogP contribution in [-0.2, 0) is 0 Å². The predicted octanol–water partition coefficient (Wildman–Crippen LogP) is 2.66. The topological polar surface area (TPSA) is 26.0 Å². The van der Waals surface area contributed by atoms with Crippen molar-refractivity contribution in [3.63, 3.8) is 0 Å². The van der Waals surface area contributed by atoms with Gasteiger partial charge in [-0.25, -0.2) is 4.39 Å². The molecule has 0 heterocycles. The number of benzene rings is 1. The Kier molecular flexibility index (Phi) is 4.86. The Balaban J connectivity index is 2.32. The van der Waals surface area contributed by atoms with Crippen molar-refractivity contribution in [1.82, 2.24) is 0 Å². The second-order valence-corrected chi connectivity index (χ2v) is 3.91. The summed E-state index contributed by atoms with van der Waals surface area (Å²) < 4.78 is 13.1. The lowest BCUT2D eigenvalue weighted by atomic mass is 10.3. The fourth-order valence-corrected chi connectivity index (χ4v) is 1.94. The van der Waals surface area contributed by atoms with Crippen molar-refractivity contribution in [3.05, 3.63) is 30.1 Å². The minimum atomic E-state index is -0.125. The molecular formula is C10H14FNS. The normalized spacial score (nSPS) is 10.3. The molecule has 0 aliphatic heterocycles. The molecule has 0 bridgehead atoms. The summed E-state index contributed by atoms with van der Waals surface area (Å²) in [5.41, 5.74) is 5.35. The van der Waals surface area contributed by atoms with Crippen LogP contribution in [0.5, 0.6) is 0 Å². The lowest BCUT2D eigenvalue weighted by molar-refractivity contribution is 0.602. The Labute approximate surface area is 82.5 Å². The molecule has 0 fully saturated rings. The van der Waals surface area contributed by atoms with E-state index < -0.39 is 0 Å². The first kappa shape index (κ1) is 10.5. The van der Waals surface area contributed by atoms with Gasteiger partial charge in [0.1, 0.15) is 5.82 Å². The summed E-state index contributed by atoms with van der Waals surface area (Å²) in [5, 5.41) is 0. The van der Waals surface area contributed by atoms with Crippen LogP contribution in [0.1, 0.15) is 12.8 Å². The van der Waals surface area contributed by atoms with Crippen molar-refractivity contribution in [3.8, 4) is 0 Å². The van der Waals surface area contributed by atoms with Crippen molar-refractivity contribution >= 4 is 11.8 Å². The van der Waals surface area contributed by atoms with Crippen LogP contribution in [0.3, 0.4) is 0 Å². The third kappa shape index (κ3) is 3.79. The number of unbranched alkanes of at least 4 members (excludes halogenated alkanes) is 1. The first-order chi connectivity index (χ1) is 6.34. The van der Waals surface area contributed by atoms with Crippen LogP contribution in [-0.4, -0.2) is 12.3 Å². The lowest BCUT2D eigenvalue weighted by Gasteiger charge is -2.01. The van der Waals surface area contributed by atoms with Gasteiger partial charge < -0.3 is 5.73 Å². The van der Waals surface area contributed by atoms with Crippen LogP contribution in [0.25, 0.3) is 0 Å². The lowest BCUT2D eigenvalue weighted by Crippen LogP contribution is -1.98. The van der Waals surface area contributed by atoms with E-state index in [9.17, 15) is 4.39 Å². The van der Waals surface area contributed by atoms with Crippen LogP contribution in [0.15, 0.2) is 29.2 Å². The van der Waals surface area contributed by atoms with Gasteiger partial charge in [-0.05, 0) is 37.3 Å². The molecule has 0 saturated carbocycles. The molecule has 0 radical (unpaired) electrons. The van der Waals surface area contributed by atoms with Gasteiger partial charge in [-0.3, -0.25) is 0 Å². The van der Waals surface area contributed by atoms with Gasteiger partial charge in [0.05, 0.1) is 0 Å². The van der Waals surface area contributed by atoms with E-state index in [1.54, 1.807) is 17.8 Å². The average Bonchev–Trinajstić information content (AvgIpc) is 2.15. The first-order valence-electron chi connectivity index (χ1n) is 4.42. The average molecular weight is 199 g/mol. The van der Waals surface area contributed by atoms with E-state index in [1.165, 1.54) is 6.07 Å². The molecule has 0 atom stereocenters. The maximum absolute atomic E-state index is 13.1. The fourth-order valence-electron chi connectivity index (χ4n) is 0.990. The number of halogens is 1. The summed E-state index contributed by atoms with van der Waals surface area (Å²) >= 11 is 1.56. The number of thioether (sulfide) groups is 1. The van der Waals surface area contributed by atoms with E-state index in [4.69, 9.17) is 5.73 Å². The molecule has 0 aliphatic rings. The van der Waals surface area contributed by atoms with Crippen LogP contribution in [0.2, 0.25) is 0 Å². The van der Waals surface area contributed by atoms with Gasteiger partial charge >= 0.3 is 0 Å². The van der Waals surface area contributed by atoms with Gasteiger partial charge in [-0.15, -0.1) is 11.8 Å². The summed E-state index contributed by atoms with van der Waals surface area (Å²) in [4.78, 5) is 0.736. The molecule has 3 heteroatoms. The fraction of sp³-hybridized carbons (Fsp3) is 0.400. The third-order valence-corrected chi connectivity index (χ3v) is 2.83. The second kappa shape index (κ2) is 6.00. The third-order valence-electron chi connectivity index (χ3n) is 1.69. The maximum Gasteiger partial charge on any atom is 0.136 e. The summed E-state index contributed by atoms with van der Waals surface area (Å²) in [5.74, 6) is 0.818. The highest BCUT2D eigenvalue weighted by atomic mass is 32.2. The second-order valence-electron chi connectivity index (χ2n) is 2.77. The van der Waals surface area contributed by atoms with E-state index in [2.05, 4.69) is 0 Å². The van der Waals surface area contributed by atoms with E-state index in [-0.39, 0.29) is 5.82 Å². The molecular weight excluding hydrogens is 185 g/mol. The number of rotatable bonds is 5. The maximum atomic E-state index is 13.1. The Morgan fingerprint density at radius 2 is 2.00 bits per heavy atom. The summed E-state index contributed by atoms with van der Waals surface area (Å²) in [6.45, 7) is 0.720. The molecule has 1 aromatic carbocycles. The highest BCUT2D eigenvalue weighted by molar-refractivity contribution is 7.99. The Morgan fingerprint density at radius 3 is 2.69 bits per heavy atom. The number of nitrogens with two attached hydrogens (primary N) is 1. The Morgan fingerprint density at radius 1 is 1.23 bits per heavy atom. The van der Waals surface area contributed by atoms with Gasteiger partial charge in [-0.1, -0.05) is 12.1 Å². The molecule has 13 heavy (non-hydrogen) atoms. The van der Waals surface area contributed by atoms with Crippen LogP contribution < -0.4 is 5.73 Å². The molecule has 0 unspecified atom stereocenters. The zero-order valence-electron chi connectivity index (χ0n) is 7.50. The Hall–Kier alpha value is -0.540. The van der Waals surface area contributed by atoms with Crippen LogP contribution in [0.4, 0.5) is 4.39 Å². The minimum Gasteiger partial charge on any atom is -0.330 e. The number of hydrogen-bond acceptors (Lipinski definition) is 2. The standard InChI is InChI=1S/C10H14FNS/c11-9-5-1-2-6-10(9)13-8-4-3-7-12/h1-2,5-6H,3-4,7-8,12H2. The molecule has 0 aromatic heterocycles. The highest BCUT2D eigenvalue weighted by Gasteiger charge is 1.99. The summed E-state index contributed by atoms with van der Waals surface area (Å²) in [6.07, 6.45) is 2.07. The quantitative estimate of drug-likeness (QED) is 0.583. The molecule has 1 aromatic rings. The van der Waals surface area contributed by atoms with Gasteiger partial charge in [0.2, 0.25) is 0 Å². The molecule has 1 nitrogen and oxygen atoms in total. The van der Waals surface area contributed by atoms with Crippen molar-refractivity contribution in [2.75, 3.05) is 12.3 Å². The Bertz CT molecular complexity index is 252. The SMILES string of the molecule is NCCCCSc1ccccc1F. The van der Waals surface area contributed by atoms with Crippen molar-refractivity contribution in [1.29, 1.82) is 0 Å². The van der Waals surface area contributed by atoms with Gasteiger partial charge in [-0.2, -0.15) is 0 Å². The summed E-state index contributed by atoms with van der Waals surface area (Å²) in [7, 11) is 0. The van der Waals surface area contributed by atoms with Crippen molar-refractivity contribution in [2.45, 2.75) is 17.7 Å². The van der Waals surface area contributed by atoms with E-state index >= 15 is 0 Å². The van der Waals surface area contributed by atoms with Gasteiger partial charge in [0.25, 0.3) is 0 Å². The van der Waals surface area contributed by atoms with E-state index in [0.717, 1.165) is 30.0 Å². The minimum absolute atomic E-state index is 0.125. The van der Waals surface area contributed by atoms with Crippen molar-refractivity contribution in [2.24, 2.45) is 5.73 Å². The van der Waals surface area contributed by atoms with Crippen molar-refractivity contribution < 1.29 is 4.39 Å². The zero-order chi connectivity index (χ0) is 9.52. The smallest absolute Gasteiger partial charge is 0.136 e. The molecule has 0 amide bonds. The monoisotopic (exact) mass is 199 g/mol. The zero-order valence-corrected chi connectivity index (χ0v) is 8.32. The molecule has 72 valence electrons. The largest absolute Gasteiger partial charge is 0.330 e. The molecule has 0 saturated heterocycles. The molecule has 0 aliphatic carbocycles. The molecule has 1 rings (SSSR count).